The van der Waals surface area contributed by atoms with Crippen molar-refractivity contribution in [2.24, 2.45) is 5.41 Å². The van der Waals surface area contributed by atoms with E-state index < -0.39 is 0 Å². The summed E-state index contributed by atoms with van der Waals surface area (Å²) in [5.74, 6) is 0. The summed E-state index contributed by atoms with van der Waals surface area (Å²) in [6, 6.07) is 0.589. The molecule has 0 bridgehead atoms. The highest BCUT2D eigenvalue weighted by molar-refractivity contribution is 4.87. The summed E-state index contributed by atoms with van der Waals surface area (Å²) in [7, 11) is 0. The van der Waals surface area contributed by atoms with Crippen LogP contribution in [0, 0.1) is 5.41 Å². The van der Waals surface area contributed by atoms with E-state index in [0.29, 0.717) is 11.5 Å². The summed E-state index contributed by atoms with van der Waals surface area (Å²) in [5.41, 5.74) is 0.320. The monoisotopic (exact) mass is 242 g/mol. The average Bonchev–Trinajstić information content (AvgIpc) is 2.15. The van der Waals surface area contributed by atoms with E-state index in [9.17, 15) is 0 Å². The highest BCUT2D eigenvalue weighted by Gasteiger charge is 2.29. The zero-order chi connectivity index (χ0) is 13.1. The lowest BCUT2D eigenvalue weighted by atomic mass is 9.85. The second kappa shape index (κ2) is 5.68. The molecular formula is C14H30N2O. The van der Waals surface area contributed by atoms with E-state index >= 15 is 0 Å². The average molecular weight is 242 g/mol. The van der Waals surface area contributed by atoms with Gasteiger partial charge in [-0.25, -0.2) is 0 Å². The molecule has 3 heteroatoms. The highest BCUT2D eigenvalue weighted by Crippen LogP contribution is 2.21. The minimum Gasteiger partial charge on any atom is -0.375 e. The molecule has 1 rings (SSSR count). The molecule has 0 aromatic carbocycles. The molecule has 3 nitrogen and oxygen atoms in total. The van der Waals surface area contributed by atoms with Crippen LogP contribution in [0.15, 0.2) is 0 Å². The first-order valence-electron chi connectivity index (χ1n) is 6.78. The number of hydrogen-bond acceptors (Lipinski definition) is 3. The Kier molecular flexibility index (Phi) is 4.99. The minimum atomic E-state index is -0.0164. The fraction of sp³-hybridized carbons (Fsp3) is 1.00. The predicted octanol–water partition coefficient (Wildman–Crippen LogP) is 2.12. The van der Waals surface area contributed by atoms with Crippen LogP contribution in [0.1, 0.15) is 41.5 Å². The van der Waals surface area contributed by atoms with Gasteiger partial charge in [-0.1, -0.05) is 20.8 Å². The van der Waals surface area contributed by atoms with Crippen LogP contribution < -0.4 is 5.32 Å². The number of rotatable bonds is 3. The number of nitrogens with zero attached hydrogens (tertiary/aromatic N) is 1. The van der Waals surface area contributed by atoms with Crippen LogP contribution in [0.5, 0.6) is 0 Å². The van der Waals surface area contributed by atoms with Gasteiger partial charge in [-0.3, -0.25) is 4.90 Å². The Morgan fingerprint density at radius 3 is 2.35 bits per heavy atom. The van der Waals surface area contributed by atoms with E-state index in [1.165, 1.54) is 0 Å². The van der Waals surface area contributed by atoms with Crippen molar-refractivity contribution in [2.75, 3.05) is 32.8 Å². The van der Waals surface area contributed by atoms with Gasteiger partial charge >= 0.3 is 0 Å². The fourth-order valence-electron chi connectivity index (χ4n) is 2.07. The molecule has 1 aliphatic rings. The van der Waals surface area contributed by atoms with Gasteiger partial charge in [0, 0.05) is 32.2 Å². The maximum absolute atomic E-state index is 5.79. The van der Waals surface area contributed by atoms with Crippen LogP contribution in [0.25, 0.3) is 0 Å². The quantitative estimate of drug-likeness (QED) is 0.820. The van der Waals surface area contributed by atoms with Gasteiger partial charge in [-0.15, -0.1) is 0 Å². The molecule has 1 saturated heterocycles. The van der Waals surface area contributed by atoms with Crippen molar-refractivity contribution in [1.29, 1.82) is 0 Å². The SMILES string of the molecule is CC(C)(C)OCCN1CCNC(C(C)(C)C)C1. The Morgan fingerprint density at radius 2 is 1.82 bits per heavy atom. The second-order valence-corrected chi connectivity index (χ2v) is 7.13. The van der Waals surface area contributed by atoms with Gasteiger partial charge < -0.3 is 10.1 Å². The van der Waals surface area contributed by atoms with Gasteiger partial charge in [-0.2, -0.15) is 0 Å². The zero-order valence-corrected chi connectivity index (χ0v) is 12.5. The molecule has 1 aliphatic heterocycles. The minimum absolute atomic E-state index is 0.0164. The normalized spacial score (nSPS) is 24.0. The molecule has 0 spiro atoms. The molecule has 1 atom stereocenters. The van der Waals surface area contributed by atoms with Crippen molar-refractivity contribution < 1.29 is 4.74 Å². The Labute approximate surface area is 107 Å². The first kappa shape index (κ1) is 14.9. The maximum atomic E-state index is 5.79. The summed E-state index contributed by atoms with van der Waals surface area (Å²) in [4.78, 5) is 2.51. The number of hydrogen-bond donors (Lipinski definition) is 1. The Bertz CT molecular complexity index is 227. The lowest BCUT2D eigenvalue weighted by Crippen LogP contribution is -2.56. The highest BCUT2D eigenvalue weighted by atomic mass is 16.5. The lowest BCUT2D eigenvalue weighted by Gasteiger charge is -2.40. The molecule has 102 valence electrons. The summed E-state index contributed by atoms with van der Waals surface area (Å²) < 4.78 is 5.79. The van der Waals surface area contributed by atoms with Crippen molar-refractivity contribution in [3.63, 3.8) is 0 Å². The molecule has 0 saturated carbocycles. The van der Waals surface area contributed by atoms with Crippen molar-refractivity contribution in [3.05, 3.63) is 0 Å². The van der Waals surface area contributed by atoms with Crippen molar-refractivity contribution in [3.8, 4) is 0 Å². The molecule has 1 unspecified atom stereocenters. The molecule has 0 aromatic rings. The van der Waals surface area contributed by atoms with Crippen molar-refractivity contribution in [1.82, 2.24) is 10.2 Å². The van der Waals surface area contributed by atoms with E-state index in [1.807, 2.05) is 0 Å². The molecule has 0 aliphatic carbocycles. The smallest absolute Gasteiger partial charge is 0.0600 e. The topological polar surface area (TPSA) is 24.5 Å². The predicted molar refractivity (Wildman–Crippen MR) is 73.4 cm³/mol. The first-order valence-corrected chi connectivity index (χ1v) is 6.78. The molecule has 0 amide bonds. The molecular weight excluding hydrogens is 212 g/mol. The Balaban J connectivity index is 2.30. The van der Waals surface area contributed by atoms with E-state index in [0.717, 1.165) is 32.8 Å². The van der Waals surface area contributed by atoms with Crippen LogP contribution >= 0.6 is 0 Å². The molecule has 0 aromatic heterocycles. The van der Waals surface area contributed by atoms with Crippen molar-refractivity contribution >= 4 is 0 Å². The van der Waals surface area contributed by atoms with Gasteiger partial charge in [0.1, 0.15) is 0 Å². The first-order chi connectivity index (χ1) is 7.68. The van der Waals surface area contributed by atoms with Gasteiger partial charge in [0.15, 0.2) is 0 Å². The molecule has 1 N–H and O–H groups in total. The number of ether oxygens (including phenoxy) is 1. The lowest BCUT2D eigenvalue weighted by molar-refractivity contribution is -0.0177. The molecule has 1 heterocycles. The van der Waals surface area contributed by atoms with E-state index in [2.05, 4.69) is 51.8 Å². The van der Waals surface area contributed by atoms with Gasteiger partial charge in [0.2, 0.25) is 0 Å². The summed E-state index contributed by atoms with van der Waals surface area (Å²) in [5, 5.41) is 3.61. The zero-order valence-electron chi connectivity index (χ0n) is 12.5. The van der Waals surface area contributed by atoms with Crippen LogP contribution in [-0.4, -0.2) is 49.3 Å². The van der Waals surface area contributed by atoms with Crippen LogP contribution in [-0.2, 0) is 4.74 Å². The third kappa shape index (κ3) is 5.84. The van der Waals surface area contributed by atoms with Crippen LogP contribution in [0.4, 0.5) is 0 Å². The second-order valence-electron chi connectivity index (χ2n) is 7.13. The summed E-state index contributed by atoms with van der Waals surface area (Å²) >= 11 is 0. The van der Waals surface area contributed by atoms with Gasteiger partial charge in [0.05, 0.1) is 12.2 Å². The van der Waals surface area contributed by atoms with Gasteiger partial charge in [0.25, 0.3) is 0 Å². The van der Waals surface area contributed by atoms with Crippen molar-refractivity contribution in [2.45, 2.75) is 53.2 Å². The van der Waals surface area contributed by atoms with Gasteiger partial charge in [-0.05, 0) is 26.2 Å². The maximum Gasteiger partial charge on any atom is 0.0600 e. The Morgan fingerprint density at radius 1 is 1.18 bits per heavy atom. The summed E-state index contributed by atoms with van der Waals surface area (Å²) in [6.45, 7) is 18.5. The van der Waals surface area contributed by atoms with E-state index in [4.69, 9.17) is 4.74 Å². The third-order valence-electron chi connectivity index (χ3n) is 3.25. The molecule has 17 heavy (non-hydrogen) atoms. The van der Waals surface area contributed by atoms with Crippen LogP contribution in [0.2, 0.25) is 0 Å². The number of nitrogens with one attached hydrogen (secondary N) is 1. The largest absolute Gasteiger partial charge is 0.375 e. The summed E-state index contributed by atoms with van der Waals surface area (Å²) in [6.07, 6.45) is 0. The fourth-order valence-corrected chi connectivity index (χ4v) is 2.07. The standard InChI is InChI=1S/C14H30N2O/c1-13(2,3)12-11-16(8-7-15-12)9-10-17-14(4,5)6/h12,15H,7-11H2,1-6H3. The molecule has 1 fully saturated rings. The van der Waals surface area contributed by atoms with E-state index in [1.54, 1.807) is 0 Å². The van der Waals surface area contributed by atoms with Crippen LogP contribution in [0.3, 0.4) is 0 Å². The number of piperazine rings is 1. The van der Waals surface area contributed by atoms with E-state index in [-0.39, 0.29) is 5.60 Å². The Hall–Kier alpha value is -0.120. The molecule has 0 radical (unpaired) electrons. The third-order valence-corrected chi connectivity index (χ3v) is 3.25.